The molecule has 0 aromatic heterocycles. The van der Waals surface area contributed by atoms with E-state index in [0.717, 1.165) is 0 Å². The van der Waals surface area contributed by atoms with Crippen molar-refractivity contribution in [3.8, 4) is 29.1 Å². The van der Waals surface area contributed by atoms with Crippen LogP contribution < -0.4 is 18.9 Å². The summed E-state index contributed by atoms with van der Waals surface area (Å²) in [6.07, 6.45) is 0. The van der Waals surface area contributed by atoms with Crippen LogP contribution in [0, 0.1) is 11.8 Å². The van der Waals surface area contributed by atoms with Crippen LogP contribution in [0.25, 0.3) is 0 Å². The number of fused-ring (bicyclic) bond motifs is 1. The van der Waals surface area contributed by atoms with Crippen molar-refractivity contribution in [2.45, 2.75) is 4.90 Å². The van der Waals surface area contributed by atoms with Crippen molar-refractivity contribution in [2.75, 3.05) is 26.9 Å². The first-order valence-electron chi connectivity index (χ1n) is 7.61. The molecule has 1 aliphatic rings. The smallest absolute Gasteiger partial charge is 0.241 e. The highest BCUT2D eigenvalue weighted by atomic mass is 32.2. The van der Waals surface area contributed by atoms with Gasteiger partial charge in [0.25, 0.3) is 0 Å². The van der Waals surface area contributed by atoms with Gasteiger partial charge in [0.1, 0.15) is 19.0 Å². The second kappa shape index (κ2) is 7.47. The van der Waals surface area contributed by atoms with Crippen molar-refractivity contribution in [3.05, 3.63) is 48.0 Å². The lowest BCUT2D eigenvalue weighted by Crippen LogP contribution is -2.24. The lowest BCUT2D eigenvalue weighted by Gasteiger charge is -2.18. The molecule has 0 radical (unpaired) electrons. The molecule has 6 nitrogen and oxygen atoms in total. The van der Waals surface area contributed by atoms with E-state index in [2.05, 4.69) is 16.6 Å². The highest BCUT2D eigenvalue weighted by molar-refractivity contribution is 7.89. The Balaban J connectivity index is 1.70. The van der Waals surface area contributed by atoms with Gasteiger partial charge >= 0.3 is 0 Å². The summed E-state index contributed by atoms with van der Waals surface area (Å²) in [5, 5.41) is 0. The Morgan fingerprint density at radius 2 is 1.88 bits per heavy atom. The number of para-hydroxylation sites is 1. The summed E-state index contributed by atoms with van der Waals surface area (Å²) >= 11 is 0. The lowest BCUT2D eigenvalue weighted by atomic mass is 10.2. The maximum atomic E-state index is 12.4. The Morgan fingerprint density at radius 1 is 1.12 bits per heavy atom. The molecule has 0 spiro atoms. The summed E-state index contributed by atoms with van der Waals surface area (Å²) in [7, 11) is -2.12. The normalized spacial score (nSPS) is 12.8. The van der Waals surface area contributed by atoms with Crippen molar-refractivity contribution in [1.29, 1.82) is 0 Å². The summed E-state index contributed by atoms with van der Waals surface area (Å²) < 4.78 is 43.1. The van der Waals surface area contributed by atoms with Gasteiger partial charge in [0, 0.05) is 6.07 Å². The van der Waals surface area contributed by atoms with Crippen LogP contribution in [-0.2, 0) is 10.0 Å². The van der Waals surface area contributed by atoms with Gasteiger partial charge in [-0.25, -0.2) is 8.42 Å². The van der Waals surface area contributed by atoms with Crippen LogP contribution in [0.4, 0.5) is 0 Å². The minimum Gasteiger partial charge on any atom is -0.495 e. The van der Waals surface area contributed by atoms with E-state index in [1.807, 2.05) is 12.1 Å². The molecule has 0 amide bonds. The van der Waals surface area contributed by atoms with E-state index in [9.17, 15) is 8.42 Å². The van der Waals surface area contributed by atoms with Crippen LogP contribution in [0.2, 0.25) is 0 Å². The van der Waals surface area contributed by atoms with Crippen molar-refractivity contribution in [2.24, 2.45) is 0 Å². The quantitative estimate of drug-likeness (QED) is 0.843. The Morgan fingerprint density at radius 3 is 2.68 bits per heavy atom. The number of sulfonamides is 1. The van der Waals surface area contributed by atoms with Crippen LogP contribution in [0.1, 0.15) is 5.56 Å². The Bertz CT molecular complexity index is 928. The van der Waals surface area contributed by atoms with E-state index in [-0.39, 0.29) is 11.4 Å². The Labute approximate surface area is 146 Å². The molecule has 0 bridgehead atoms. The molecular weight excluding hydrogens is 342 g/mol. The first-order valence-corrected chi connectivity index (χ1v) is 9.10. The number of ether oxygens (including phenoxy) is 3. The van der Waals surface area contributed by atoms with Gasteiger partial charge in [0.2, 0.25) is 10.0 Å². The molecule has 7 heteroatoms. The van der Waals surface area contributed by atoms with E-state index < -0.39 is 10.0 Å². The highest BCUT2D eigenvalue weighted by Crippen LogP contribution is 2.32. The molecule has 25 heavy (non-hydrogen) atoms. The third-order valence-electron chi connectivity index (χ3n) is 3.50. The minimum absolute atomic E-state index is 0.0190. The number of rotatable bonds is 4. The largest absolute Gasteiger partial charge is 0.495 e. The SMILES string of the molecule is COc1ccccc1C#CCNS(=O)(=O)c1ccc2c(c1)OCCO2. The molecule has 0 atom stereocenters. The monoisotopic (exact) mass is 359 g/mol. The fraction of sp³-hybridized carbons (Fsp3) is 0.222. The van der Waals surface area contributed by atoms with Crippen molar-refractivity contribution in [1.82, 2.24) is 4.72 Å². The summed E-state index contributed by atoms with van der Waals surface area (Å²) in [6.45, 7) is 0.832. The summed E-state index contributed by atoms with van der Waals surface area (Å²) in [4.78, 5) is 0.107. The van der Waals surface area contributed by atoms with E-state index in [4.69, 9.17) is 14.2 Å². The van der Waals surface area contributed by atoms with Gasteiger partial charge < -0.3 is 14.2 Å². The maximum absolute atomic E-state index is 12.4. The topological polar surface area (TPSA) is 73.9 Å². The van der Waals surface area contributed by atoms with Crippen LogP contribution in [0.15, 0.2) is 47.4 Å². The third kappa shape index (κ3) is 4.05. The fourth-order valence-electron chi connectivity index (χ4n) is 2.29. The second-order valence-electron chi connectivity index (χ2n) is 5.13. The first kappa shape index (κ1) is 17.1. The van der Waals surface area contributed by atoms with Crippen molar-refractivity contribution in [3.63, 3.8) is 0 Å². The zero-order valence-corrected chi connectivity index (χ0v) is 14.4. The highest BCUT2D eigenvalue weighted by Gasteiger charge is 2.18. The van der Waals surface area contributed by atoms with Crippen LogP contribution in [0.5, 0.6) is 17.2 Å². The Hall–Kier alpha value is -2.69. The summed E-state index contributed by atoms with van der Waals surface area (Å²) in [5.74, 6) is 7.29. The fourth-order valence-corrected chi connectivity index (χ4v) is 3.23. The molecule has 2 aromatic carbocycles. The molecule has 0 fully saturated rings. The van der Waals surface area contributed by atoms with E-state index in [1.54, 1.807) is 25.3 Å². The summed E-state index contributed by atoms with van der Waals surface area (Å²) in [5.41, 5.74) is 0.698. The molecule has 0 aliphatic carbocycles. The lowest BCUT2D eigenvalue weighted by molar-refractivity contribution is 0.171. The zero-order valence-electron chi connectivity index (χ0n) is 13.6. The van der Waals surface area contributed by atoms with Crippen LogP contribution >= 0.6 is 0 Å². The summed E-state index contributed by atoms with van der Waals surface area (Å²) in [6, 6.07) is 11.8. The van der Waals surface area contributed by atoms with Crippen molar-refractivity contribution < 1.29 is 22.6 Å². The predicted molar refractivity (Wildman–Crippen MR) is 92.5 cm³/mol. The molecule has 130 valence electrons. The molecule has 1 N–H and O–H groups in total. The molecule has 2 aromatic rings. The standard InChI is InChI=1S/C18H17NO5S/c1-22-16-7-3-2-5-14(16)6-4-10-19-25(20,21)15-8-9-17-18(13-15)24-12-11-23-17/h2-3,5,7-9,13,19H,10-12H2,1H3. The van der Waals surface area contributed by atoms with Gasteiger partial charge in [-0.1, -0.05) is 24.0 Å². The third-order valence-corrected chi connectivity index (χ3v) is 4.90. The number of hydrogen-bond acceptors (Lipinski definition) is 5. The van der Waals surface area contributed by atoms with Crippen LogP contribution in [0.3, 0.4) is 0 Å². The van der Waals surface area contributed by atoms with Gasteiger partial charge in [-0.05, 0) is 24.3 Å². The molecule has 1 aliphatic heterocycles. The van der Waals surface area contributed by atoms with Gasteiger partial charge in [0.15, 0.2) is 11.5 Å². The van der Waals surface area contributed by atoms with E-state index >= 15 is 0 Å². The average Bonchev–Trinajstić information content (AvgIpc) is 2.65. The van der Waals surface area contributed by atoms with E-state index in [1.165, 1.54) is 12.1 Å². The number of hydrogen-bond donors (Lipinski definition) is 1. The number of benzene rings is 2. The second-order valence-corrected chi connectivity index (χ2v) is 6.90. The van der Waals surface area contributed by atoms with E-state index in [0.29, 0.717) is 36.0 Å². The molecule has 0 saturated heterocycles. The molecule has 0 unspecified atom stereocenters. The number of nitrogens with one attached hydrogen (secondary N) is 1. The molecule has 1 heterocycles. The average molecular weight is 359 g/mol. The molecular formula is C18H17NO5S. The minimum atomic E-state index is -3.68. The van der Waals surface area contributed by atoms with Gasteiger partial charge in [-0.3, -0.25) is 0 Å². The Kier molecular flexibility index (Phi) is 5.12. The first-order chi connectivity index (χ1) is 12.1. The van der Waals surface area contributed by atoms with Crippen molar-refractivity contribution >= 4 is 10.0 Å². The van der Waals surface area contributed by atoms with Gasteiger partial charge in [-0.15, -0.1) is 0 Å². The van der Waals surface area contributed by atoms with Gasteiger partial charge in [0.05, 0.1) is 24.1 Å². The molecule has 3 rings (SSSR count). The maximum Gasteiger partial charge on any atom is 0.241 e. The number of methoxy groups -OCH3 is 1. The predicted octanol–water partition coefficient (Wildman–Crippen LogP) is 1.80. The van der Waals surface area contributed by atoms with Crippen LogP contribution in [-0.4, -0.2) is 35.3 Å². The molecule has 0 saturated carbocycles. The zero-order chi connectivity index (χ0) is 17.7. The van der Waals surface area contributed by atoms with Gasteiger partial charge in [-0.2, -0.15) is 4.72 Å².